The number of rotatable bonds is 6. The lowest BCUT2D eigenvalue weighted by atomic mass is 10.2. The van der Waals surface area contributed by atoms with Crippen molar-refractivity contribution >= 4 is 45.9 Å². The van der Waals surface area contributed by atoms with Crippen LogP contribution >= 0.6 is 22.9 Å². The molecule has 0 aliphatic heterocycles. The van der Waals surface area contributed by atoms with Crippen molar-refractivity contribution in [1.29, 1.82) is 0 Å². The minimum atomic E-state index is -1.01. The van der Waals surface area contributed by atoms with Crippen LogP contribution in [0, 0.1) is 5.82 Å². The van der Waals surface area contributed by atoms with Crippen molar-refractivity contribution < 1.29 is 28.2 Å². The molecule has 1 heterocycles. The molecule has 0 atom stereocenters. The molecule has 1 aromatic carbocycles. The molecule has 0 radical (unpaired) electrons. The lowest BCUT2D eigenvalue weighted by Crippen LogP contribution is -2.21. The van der Waals surface area contributed by atoms with E-state index in [0.29, 0.717) is 5.69 Å². The molecule has 10 heteroatoms. The van der Waals surface area contributed by atoms with Gasteiger partial charge in [-0.1, -0.05) is 11.6 Å². The Kier molecular flexibility index (Phi) is 6.43. The Morgan fingerprint density at radius 2 is 2.12 bits per heavy atom. The Morgan fingerprint density at radius 1 is 1.36 bits per heavy atom. The smallest absolute Gasteiger partial charge is 0.341 e. The van der Waals surface area contributed by atoms with Crippen LogP contribution in [0.1, 0.15) is 16.1 Å². The van der Waals surface area contributed by atoms with Gasteiger partial charge in [-0.2, -0.15) is 0 Å². The highest BCUT2D eigenvalue weighted by Gasteiger charge is 2.16. The van der Waals surface area contributed by atoms with Crippen LogP contribution in [0.25, 0.3) is 0 Å². The Hall–Kier alpha value is -2.52. The van der Waals surface area contributed by atoms with E-state index >= 15 is 0 Å². The maximum Gasteiger partial charge on any atom is 0.341 e. The molecule has 0 saturated carbocycles. The number of esters is 2. The molecule has 0 bridgehead atoms. The summed E-state index contributed by atoms with van der Waals surface area (Å²) in [6.45, 7) is -0.628. The lowest BCUT2D eigenvalue weighted by molar-refractivity contribution is -0.139. The van der Waals surface area contributed by atoms with Gasteiger partial charge in [-0.3, -0.25) is 14.9 Å². The highest BCUT2D eigenvalue weighted by Crippen LogP contribution is 2.17. The van der Waals surface area contributed by atoms with Gasteiger partial charge in [0, 0.05) is 10.4 Å². The van der Waals surface area contributed by atoms with E-state index in [0.717, 1.165) is 23.5 Å². The quantitative estimate of drug-likeness (QED) is 0.766. The molecule has 2 rings (SSSR count). The molecule has 1 amide bonds. The molecule has 0 aliphatic rings. The van der Waals surface area contributed by atoms with Crippen molar-refractivity contribution in [2.45, 2.75) is 6.42 Å². The fourth-order valence-corrected chi connectivity index (χ4v) is 2.58. The van der Waals surface area contributed by atoms with Crippen molar-refractivity contribution in [3.05, 3.63) is 45.7 Å². The molecule has 25 heavy (non-hydrogen) atoms. The number of nitrogens with zero attached hydrogens (tertiary/aromatic N) is 1. The number of halogens is 2. The summed E-state index contributed by atoms with van der Waals surface area (Å²) in [6.07, 6.45) is -0.0219. The fourth-order valence-electron chi connectivity index (χ4n) is 1.68. The Bertz CT molecular complexity index is 811. The third-order valence-electron chi connectivity index (χ3n) is 2.83. The molecule has 1 N–H and O–H groups in total. The average Bonchev–Trinajstić information content (AvgIpc) is 3.01. The van der Waals surface area contributed by atoms with E-state index in [1.165, 1.54) is 13.2 Å². The fraction of sp³-hybridized carbons (Fsp3) is 0.200. The Morgan fingerprint density at radius 3 is 2.84 bits per heavy atom. The first-order chi connectivity index (χ1) is 11.9. The first-order valence-electron chi connectivity index (χ1n) is 6.82. The van der Waals surface area contributed by atoms with Crippen LogP contribution in [-0.2, 0) is 25.5 Å². The van der Waals surface area contributed by atoms with Crippen molar-refractivity contribution in [3.63, 3.8) is 0 Å². The summed E-state index contributed by atoms with van der Waals surface area (Å²) in [5, 5.41) is 4.38. The second-order valence-corrected chi connectivity index (χ2v) is 5.94. The summed E-state index contributed by atoms with van der Waals surface area (Å²) in [5.74, 6) is -2.93. The number of hydrogen-bond donors (Lipinski definition) is 1. The standard InChI is InChI=1S/C15H12ClFN2O5S/c1-23-13(21)5-9-7-25-15(18-9)19-12(20)6-24-14(22)10-4-8(16)2-3-11(10)17/h2-4,7H,5-6H2,1H3,(H,18,19,20). The summed E-state index contributed by atoms with van der Waals surface area (Å²) in [6, 6.07) is 3.42. The number of thiazole rings is 1. The first kappa shape index (κ1) is 18.8. The van der Waals surface area contributed by atoms with Crippen molar-refractivity contribution in [2.75, 3.05) is 19.0 Å². The van der Waals surface area contributed by atoms with Gasteiger partial charge in [0.15, 0.2) is 11.7 Å². The van der Waals surface area contributed by atoms with Crippen LogP contribution in [0.3, 0.4) is 0 Å². The van der Waals surface area contributed by atoms with E-state index in [1.807, 2.05) is 0 Å². The summed E-state index contributed by atoms with van der Waals surface area (Å²) in [7, 11) is 1.26. The second-order valence-electron chi connectivity index (χ2n) is 4.65. The maximum absolute atomic E-state index is 13.5. The van der Waals surface area contributed by atoms with E-state index in [-0.39, 0.29) is 22.1 Å². The van der Waals surface area contributed by atoms with Crippen LogP contribution in [0.15, 0.2) is 23.6 Å². The molecule has 0 spiro atoms. The van der Waals surface area contributed by atoms with E-state index < -0.39 is 30.3 Å². The molecule has 0 unspecified atom stereocenters. The van der Waals surface area contributed by atoms with Crippen molar-refractivity contribution in [3.8, 4) is 0 Å². The van der Waals surface area contributed by atoms with Crippen LogP contribution < -0.4 is 5.32 Å². The zero-order valence-electron chi connectivity index (χ0n) is 12.9. The molecule has 2 aromatic rings. The highest BCUT2D eigenvalue weighted by atomic mass is 35.5. The van der Waals surface area contributed by atoms with Crippen LogP contribution in [0.4, 0.5) is 9.52 Å². The Labute approximate surface area is 150 Å². The van der Waals surface area contributed by atoms with Crippen LogP contribution in [-0.4, -0.2) is 36.5 Å². The molecule has 0 fully saturated rings. The SMILES string of the molecule is COC(=O)Cc1csc(NC(=O)COC(=O)c2cc(Cl)ccc2F)n1. The molecule has 132 valence electrons. The van der Waals surface area contributed by atoms with E-state index in [2.05, 4.69) is 15.0 Å². The number of anilines is 1. The zero-order valence-corrected chi connectivity index (χ0v) is 14.4. The second kappa shape index (κ2) is 8.54. The molecule has 0 aliphatic carbocycles. The minimum absolute atomic E-state index is 0.0219. The number of carbonyl (C=O) groups is 3. The summed E-state index contributed by atoms with van der Waals surface area (Å²) >= 11 is 6.78. The van der Waals surface area contributed by atoms with E-state index in [4.69, 9.17) is 16.3 Å². The monoisotopic (exact) mass is 386 g/mol. The van der Waals surface area contributed by atoms with Crippen molar-refractivity contribution in [2.24, 2.45) is 0 Å². The molecular weight excluding hydrogens is 375 g/mol. The first-order valence-corrected chi connectivity index (χ1v) is 8.08. The minimum Gasteiger partial charge on any atom is -0.469 e. The topological polar surface area (TPSA) is 94.6 Å². The van der Waals surface area contributed by atoms with Crippen LogP contribution in [0.5, 0.6) is 0 Å². The van der Waals surface area contributed by atoms with Gasteiger partial charge in [-0.15, -0.1) is 11.3 Å². The Balaban J connectivity index is 1.87. The number of aromatic nitrogens is 1. The average molecular weight is 387 g/mol. The predicted molar refractivity (Wildman–Crippen MR) is 88.2 cm³/mol. The summed E-state index contributed by atoms with van der Waals surface area (Å²) < 4.78 is 22.8. The van der Waals surface area contributed by atoms with E-state index in [9.17, 15) is 18.8 Å². The summed E-state index contributed by atoms with van der Waals surface area (Å²) in [4.78, 5) is 38.7. The number of methoxy groups -OCH3 is 1. The zero-order chi connectivity index (χ0) is 18.4. The number of ether oxygens (including phenoxy) is 2. The molecule has 1 aromatic heterocycles. The molecular formula is C15H12ClFN2O5S. The van der Waals surface area contributed by atoms with Gasteiger partial charge in [-0.25, -0.2) is 14.2 Å². The lowest BCUT2D eigenvalue weighted by Gasteiger charge is -2.06. The highest BCUT2D eigenvalue weighted by molar-refractivity contribution is 7.13. The van der Waals surface area contributed by atoms with E-state index in [1.54, 1.807) is 5.38 Å². The normalized spacial score (nSPS) is 10.2. The van der Waals surface area contributed by atoms with Gasteiger partial charge in [0.25, 0.3) is 5.91 Å². The van der Waals surface area contributed by atoms with Gasteiger partial charge in [-0.05, 0) is 18.2 Å². The number of nitrogens with one attached hydrogen (secondary N) is 1. The number of carbonyl (C=O) groups excluding carboxylic acids is 3. The number of hydrogen-bond acceptors (Lipinski definition) is 7. The maximum atomic E-state index is 13.5. The third kappa shape index (κ3) is 5.50. The van der Waals surface area contributed by atoms with Gasteiger partial charge < -0.3 is 9.47 Å². The predicted octanol–water partition coefficient (Wildman–Crippen LogP) is 2.45. The van der Waals surface area contributed by atoms with Crippen molar-refractivity contribution in [1.82, 2.24) is 4.98 Å². The van der Waals surface area contributed by atoms with Gasteiger partial charge in [0.2, 0.25) is 0 Å². The largest absolute Gasteiger partial charge is 0.469 e. The van der Waals surface area contributed by atoms with Crippen LogP contribution in [0.2, 0.25) is 5.02 Å². The van der Waals surface area contributed by atoms with Gasteiger partial charge >= 0.3 is 11.9 Å². The van der Waals surface area contributed by atoms with Gasteiger partial charge in [0.05, 0.1) is 24.8 Å². The molecule has 0 saturated heterocycles. The number of amides is 1. The van der Waals surface area contributed by atoms with Gasteiger partial charge in [0.1, 0.15) is 5.82 Å². The third-order valence-corrected chi connectivity index (χ3v) is 3.88. The summed E-state index contributed by atoms with van der Waals surface area (Å²) in [5.41, 5.74) is 0.0695. The molecule has 7 nitrogen and oxygen atoms in total. The number of benzene rings is 1.